The van der Waals surface area contributed by atoms with Crippen LogP contribution in [-0.2, 0) is 11.3 Å². The first kappa shape index (κ1) is 9.15. The zero-order valence-electron chi connectivity index (χ0n) is 6.37. The van der Waals surface area contributed by atoms with E-state index in [1.54, 1.807) is 6.92 Å². The minimum atomic E-state index is -2.15. The van der Waals surface area contributed by atoms with Gasteiger partial charge in [0.05, 0.1) is 5.69 Å². The lowest BCUT2D eigenvalue weighted by Gasteiger charge is -2.01. The van der Waals surface area contributed by atoms with Crippen LogP contribution in [0.15, 0.2) is 18.2 Å². The number of nitrogens with one attached hydrogen (secondary N) is 1. The van der Waals surface area contributed by atoms with Gasteiger partial charge in [-0.05, 0) is 24.6 Å². The van der Waals surface area contributed by atoms with E-state index in [9.17, 15) is 8.60 Å². The first-order chi connectivity index (χ1) is 5.59. The molecule has 1 atom stereocenters. The molecule has 1 unspecified atom stereocenters. The fourth-order valence-corrected chi connectivity index (χ4v) is 1.09. The molecule has 1 aromatic carbocycles. The molecule has 5 heteroatoms. The highest BCUT2D eigenvalue weighted by atomic mass is 32.2. The van der Waals surface area contributed by atoms with Crippen LogP contribution in [0.3, 0.4) is 0 Å². The zero-order valence-corrected chi connectivity index (χ0v) is 7.19. The molecule has 0 fully saturated rings. The van der Waals surface area contributed by atoms with E-state index in [-0.39, 0.29) is 0 Å². The average Bonchev–Trinajstić information content (AvgIpc) is 1.96. The van der Waals surface area contributed by atoms with Crippen LogP contribution in [0.1, 0.15) is 5.56 Å². The Hall–Kier alpha value is -0.940. The maximum absolute atomic E-state index is 12.8. The summed E-state index contributed by atoms with van der Waals surface area (Å²) in [6.45, 7) is 1.62. The van der Waals surface area contributed by atoms with E-state index in [0.717, 1.165) is 0 Å². The van der Waals surface area contributed by atoms with Crippen LogP contribution in [0, 0.1) is 12.7 Å². The van der Waals surface area contributed by atoms with E-state index in [2.05, 4.69) is 4.72 Å². The third kappa shape index (κ3) is 2.28. The summed E-state index contributed by atoms with van der Waals surface area (Å²) in [6, 6.07) is 4.24. The molecule has 2 N–H and O–H groups in total. The Bertz CT molecular complexity index is 316. The Balaban J connectivity index is 2.89. The van der Waals surface area contributed by atoms with Crippen molar-refractivity contribution < 1.29 is 13.2 Å². The maximum atomic E-state index is 12.8. The van der Waals surface area contributed by atoms with Gasteiger partial charge in [-0.2, -0.15) is 0 Å². The number of hydrogen-bond donors (Lipinski definition) is 2. The molecule has 0 heterocycles. The fourth-order valence-electron chi connectivity index (χ4n) is 0.757. The van der Waals surface area contributed by atoms with Gasteiger partial charge in [0.15, 0.2) is 0 Å². The Morgan fingerprint density at radius 3 is 2.75 bits per heavy atom. The molecule has 0 amide bonds. The molecule has 0 spiro atoms. The van der Waals surface area contributed by atoms with Gasteiger partial charge in [0.25, 0.3) is 11.3 Å². The van der Waals surface area contributed by atoms with Gasteiger partial charge in [0.2, 0.25) is 0 Å². The van der Waals surface area contributed by atoms with Crippen molar-refractivity contribution in [1.29, 1.82) is 0 Å². The molecule has 0 aliphatic heterocycles. The van der Waals surface area contributed by atoms with Crippen LogP contribution in [0.25, 0.3) is 0 Å². The van der Waals surface area contributed by atoms with Gasteiger partial charge in [0.1, 0.15) is 5.82 Å². The van der Waals surface area contributed by atoms with Gasteiger partial charge in [-0.25, -0.2) is 8.60 Å². The highest BCUT2D eigenvalue weighted by Crippen LogP contribution is 2.13. The summed E-state index contributed by atoms with van der Waals surface area (Å²) in [5, 5.41) is 0. The van der Waals surface area contributed by atoms with Crippen LogP contribution in [0.4, 0.5) is 10.1 Å². The molecule has 0 saturated carbocycles. The van der Waals surface area contributed by atoms with E-state index < -0.39 is 17.1 Å². The summed E-state index contributed by atoms with van der Waals surface area (Å²) in [6.07, 6.45) is 0. The second kappa shape index (κ2) is 3.64. The monoisotopic (exact) mass is 189 g/mol. The normalized spacial score (nSPS) is 12.6. The Labute approximate surface area is 72.0 Å². The van der Waals surface area contributed by atoms with Gasteiger partial charge < -0.3 is 0 Å². The minimum absolute atomic E-state index is 0.291. The maximum Gasteiger partial charge on any atom is 0.259 e. The molecular weight excluding hydrogens is 181 g/mol. The van der Waals surface area contributed by atoms with E-state index in [1.165, 1.54) is 18.2 Å². The van der Waals surface area contributed by atoms with Crippen molar-refractivity contribution in [3.8, 4) is 0 Å². The van der Waals surface area contributed by atoms with Crippen LogP contribution < -0.4 is 4.72 Å². The second-order valence-electron chi connectivity index (χ2n) is 2.32. The van der Waals surface area contributed by atoms with Crippen LogP contribution in [0.5, 0.6) is 0 Å². The van der Waals surface area contributed by atoms with Crippen molar-refractivity contribution in [2.45, 2.75) is 6.92 Å². The van der Waals surface area contributed by atoms with Gasteiger partial charge >= 0.3 is 0 Å². The number of rotatable bonds is 2. The molecule has 1 aromatic rings. The van der Waals surface area contributed by atoms with Crippen LogP contribution >= 0.6 is 0 Å². The molecule has 0 radical (unpaired) electrons. The molecule has 0 bridgehead atoms. The summed E-state index contributed by atoms with van der Waals surface area (Å²) in [5.41, 5.74) is 0.795. The lowest BCUT2D eigenvalue weighted by molar-refractivity contribution is 0.570. The zero-order chi connectivity index (χ0) is 9.14. The van der Waals surface area contributed by atoms with Gasteiger partial charge in [-0.1, -0.05) is 6.07 Å². The Morgan fingerprint density at radius 2 is 2.25 bits per heavy atom. The number of anilines is 1. The second-order valence-corrected chi connectivity index (χ2v) is 3.02. The topological polar surface area (TPSA) is 49.3 Å². The SMILES string of the molecule is Cc1ccc(NS(=O)O)cc1F. The molecule has 1 rings (SSSR count). The highest BCUT2D eigenvalue weighted by molar-refractivity contribution is 7.80. The first-order valence-corrected chi connectivity index (χ1v) is 4.34. The molecule has 3 nitrogen and oxygen atoms in total. The first-order valence-electron chi connectivity index (χ1n) is 3.23. The quantitative estimate of drug-likeness (QED) is 0.695. The summed E-state index contributed by atoms with van der Waals surface area (Å²) >= 11 is -2.15. The van der Waals surface area contributed by atoms with Gasteiger partial charge in [0, 0.05) is 0 Å². The standard InChI is InChI=1S/C7H8FNO2S/c1-5-2-3-6(4-7(5)8)9-12(10)11/h2-4,9H,1H3,(H,10,11). The Morgan fingerprint density at radius 1 is 1.58 bits per heavy atom. The predicted octanol–water partition coefficient (Wildman–Crippen LogP) is 1.68. The lowest BCUT2D eigenvalue weighted by atomic mass is 10.2. The molecule has 0 saturated heterocycles. The number of benzene rings is 1. The summed E-state index contributed by atoms with van der Waals surface area (Å²) < 4.78 is 33.6. The number of hydrogen-bond acceptors (Lipinski definition) is 1. The summed E-state index contributed by atoms with van der Waals surface area (Å²) in [7, 11) is 0. The van der Waals surface area contributed by atoms with Crippen LogP contribution in [-0.4, -0.2) is 8.76 Å². The summed E-state index contributed by atoms with van der Waals surface area (Å²) in [4.78, 5) is 0. The molecule has 66 valence electrons. The predicted molar refractivity (Wildman–Crippen MR) is 45.5 cm³/mol. The number of aryl methyl sites for hydroxylation is 1. The van der Waals surface area contributed by atoms with Gasteiger partial charge in [-0.3, -0.25) is 9.27 Å². The molecule has 0 aromatic heterocycles. The van der Waals surface area contributed by atoms with Crippen molar-refractivity contribution in [1.82, 2.24) is 0 Å². The van der Waals surface area contributed by atoms with Crippen molar-refractivity contribution in [3.63, 3.8) is 0 Å². The third-order valence-electron chi connectivity index (χ3n) is 1.38. The Kier molecular flexibility index (Phi) is 2.78. The number of halogens is 1. The average molecular weight is 189 g/mol. The van der Waals surface area contributed by atoms with Gasteiger partial charge in [-0.15, -0.1) is 0 Å². The van der Waals surface area contributed by atoms with Crippen LogP contribution in [0.2, 0.25) is 0 Å². The van der Waals surface area contributed by atoms with Crippen molar-refractivity contribution in [2.24, 2.45) is 0 Å². The summed E-state index contributed by atoms with van der Waals surface area (Å²) in [5.74, 6) is -0.398. The minimum Gasteiger partial charge on any atom is -0.289 e. The largest absolute Gasteiger partial charge is 0.289 e. The molecule has 0 aliphatic carbocycles. The van der Waals surface area contributed by atoms with E-state index in [1.807, 2.05) is 0 Å². The van der Waals surface area contributed by atoms with E-state index in [0.29, 0.717) is 11.3 Å². The molecule has 12 heavy (non-hydrogen) atoms. The van der Waals surface area contributed by atoms with E-state index in [4.69, 9.17) is 4.55 Å². The fraction of sp³-hybridized carbons (Fsp3) is 0.143. The highest BCUT2D eigenvalue weighted by Gasteiger charge is 1.99. The molecule has 0 aliphatic rings. The lowest BCUT2D eigenvalue weighted by Crippen LogP contribution is -2.02. The van der Waals surface area contributed by atoms with Crippen molar-refractivity contribution >= 4 is 17.0 Å². The smallest absolute Gasteiger partial charge is 0.259 e. The van der Waals surface area contributed by atoms with E-state index >= 15 is 0 Å². The van der Waals surface area contributed by atoms with Crippen molar-refractivity contribution in [3.05, 3.63) is 29.6 Å². The third-order valence-corrected chi connectivity index (χ3v) is 1.79. The molecular formula is C7H8FNO2S. The van der Waals surface area contributed by atoms with Crippen molar-refractivity contribution in [2.75, 3.05) is 4.72 Å².